The molecular formula is C10H15N5S. The van der Waals surface area contributed by atoms with Gasteiger partial charge in [-0.2, -0.15) is 5.10 Å². The van der Waals surface area contributed by atoms with Gasteiger partial charge in [-0.15, -0.1) is 5.10 Å². The lowest BCUT2D eigenvalue weighted by Gasteiger charge is -2.13. The minimum Gasteiger partial charge on any atom is -0.304 e. The van der Waals surface area contributed by atoms with Gasteiger partial charge in [0, 0.05) is 13.2 Å². The second kappa shape index (κ2) is 5.18. The molecular weight excluding hydrogens is 222 g/mol. The third-order valence-electron chi connectivity index (χ3n) is 2.29. The molecule has 0 aliphatic carbocycles. The van der Waals surface area contributed by atoms with Crippen molar-refractivity contribution >= 4 is 11.5 Å². The predicted octanol–water partition coefficient (Wildman–Crippen LogP) is 1.36. The summed E-state index contributed by atoms with van der Waals surface area (Å²) >= 11 is 1.41. The highest BCUT2D eigenvalue weighted by atomic mass is 32.1. The molecule has 0 saturated carbocycles. The van der Waals surface area contributed by atoms with Gasteiger partial charge in [0.25, 0.3) is 0 Å². The molecule has 6 heteroatoms. The van der Waals surface area contributed by atoms with E-state index in [1.807, 2.05) is 24.0 Å². The van der Waals surface area contributed by atoms with E-state index in [9.17, 15) is 0 Å². The zero-order valence-corrected chi connectivity index (χ0v) is 10.2. The van der Waals surface area contributed by atoms with Crippen molar-refractivity contribution in [1.82, 2.24) is 24.7 Å². The van der Waals surface area contributed by atoms with Crippen molar-refractivity contribution in [3.05, 3.63) is 29.0 Å². The van der Waals surface area contributed by atoms with Crippen LogP contribution >= 0.6 is 11.5 Å². The van der Waals surface area contributed by atoms with Crippen molar-refractivity contribution in [1.29, 1.82) is 0 Å². The van der Waals surface area contributed by atoms with Gasteiger partial charge in [-0.3, -0.25) is 4.68 Å². The summed E-state index contributed by atoms with van der Waals surface area (Å²) in [5.41, 5.74) is 1.02. The fourth-order valence-corrected chi connectivity index (χ4v) is 2.12. The van der Waals surface area contributed by atoms with E-state index < -0.39 is 0 Å². The first-order valence-electron chi connectivity index (χ1n) is 5.31. The monoisotopic (exact) mass is 237 g/mol. The number of aromatic nitrogens is 4. The molecule has 2 aromatic heterocycles. The van der Waals surface area contributed by atoms with Gasteiger partial charge in [-0.25, -0.2) is 0 Å². The maximum atomic E-state index is 4.43. The van der Waals surface area contributed by atoms with Gasteiger partial charge in [0.05, 0.1) is 22.8 Å². The molecule has 0 radical (unpaired) electrons. The first-order chi connectivity index (χ1) is 7.81. The second-order valence-electron chi connectivity index (χ2n) is 3.62. The van der Waals surface area contributed by atoms with Crippen LogP contribution in [0.3, 0.4) is 0 Å². The standard InChI is InChI=1S/C10H15N5S/c1-3-5-11-10(9-7-12-14-16-9)8-4-6-15(2)13-8/h4,6-7,10-11H,3,5H2,1-2H3. The Morgan fingerprint density at radius 3 is 3.00 bits per heavy atom. The zero-order chi connectivity index (χ0) is 11.4. The van der Waals surface area contributed by atoms with Crippen LogP contribution in [0.1, 0.15) is 30.0 Å². The number of aryl methyl sites for hydroxylation is 1. The van der Waals surface area contributed by atoms with Gasteiger partial charge in [-0.05, 0) is 30.6 Å². The largest absolute Gasteiger partial charge is 0.304 e. The van der Waals surface area contributed by atoms with Crippen LogP contribution in [-0.2, 0) is 7.05 Å². The van der Waals surface area contributed by atoms with E-state index in [4.69, 9.17) is 0 Å². The molecule has 0 amide bonds. The van der Waals surface area contributed by atoms with Gasteiger partial charge in [0.2, 0.25) is 0 Å². The number of nitrogens with one attached hydrogen (secondary N) is 1. The number of hydrogen-bond acceptors (Lipinski definition) is 5. The van der Waals surface area contributed by atoms with Gasteiger partial charge >= 0.3 is 0 Å². The Morgan fingerprint density at radius 1 is 1.56 bits per heavy atom. The molecule has 0 bridgehead atoms. The van der Waals surface area contributed by atoms with Gasteiger partial charge in [0.15, 0.2) is 0 Å². The smallest absolute Gasteiger partial charge is 0.0896 e. The summed E-state index contributed by atoms with van der Waals surface area (Å²) in [4.78, 5) is 1.10. The summed E-state index contributed by atoms with van der Waals surface area (Å²) in [6, 6.07) is 2.13. The summed E-state index contributed by atoms with van der Waals surface area (Å²) < 4.78 is 5.71. The molecule has 1 N–H and O–H groups in total. The Balaban J connectivity index is 2.21. The average Bonchev–Trinajstić information content (AvgIpc) is 2.91. The highest BCUT2D eigenvalue weighted by Crippen LogP contribution is 2.22. The molecule has 2 aromatic rings. The highest BCUT2D eigenvalue weighted by Gasteiger charge is 2.17. The summed E-state index contributed by atoms with van der Waals surface area (Å²) in [7, 11) is 1.92. The molecule has 2 heterocycles. The van der Waals surface area contributed by atoms with Crippen LogP contribution in [0.2, 0.25) is 0 Å². The van der Waals surface area contributed by atoms with Crippen molar-refractivity contribution in [2.45, 2.75) is 19.4 Å². The van der Waals surface area contributed by atoms with Crippen molar-refractivity contribution in [3.8, 4) is 0 Å². The number of rotatable bonds is 5. The van der Waals surface area contributed by atoms with Crippen LogP contribution in [-0.4, -0.2) is 25.9 Å². The maximum Gasteiger partial charge on any atom is 0.0896 e. The van der Waals surface area contributed by atoms with Crippen LogP contribution in [0.15, 0.2) is 18.5 Å². The molecule has 0 fully saturated rings. The van der Waals surface area contributed by atoms with E-state index in [0.717, 1.165) is 23.5 Å². The van der Waals surface area contributed by atoms with Crippen molar-refractivity contribution in [3.63, 3.8) is 0 Å². The molecule has 0 aliphatic rings. The van der Waals surface area contributed by atoms with E-state index >= 15 is 0 Å². The van der Waals surface area contributed by atoms with Crippen LogP contribution in [0.5, 0.6) is 0 Å². The lowest BCUT2D eigenvalue weighted by molar-refractivity contribution is 0.581. The molecule has 5 nitrogen and oxygen atoms in total. The van der Waals surface area contributed by atoms with E-state index in [1.54, 1.807) is 6.20 Å². The fourth-order valence-electron chi connectivity index (χ4n) is 1.53. The molecule has 0 aliphatic heterocycles. The summed E-state index contributed by atoms with van der Waals surface area (Å²) in [6.07, 6.45) is 4.84. The summed E-state index contributed by atoms with van der Waals surface area (Å²) in [5, 5.41) is 11.8. The first-order valence-corrected chi connectivity index (χ1v) is 6.08. The summed E-state index contributed by atoms with van der Waals surface area (Å²) in [5.74, 6) is 0. The predicted molar refractivity (Wildman–Crippen MR) is 63.3 cm³/mol. The minimum atomic E-state index is 0.112. The molecule has 0 saturated heterocycles. The van der Waals surface area contributed by atoms with Crippen LogP contribution < -0.4 is 5.32 Å². The molecule has 1 atom stereocenters. The normalized spacial score (nSPS) is 12.9. The lowest BCUT2D eigenvalue weighted by Crippen LogP contribution is -2.23. The Hall–Kier alpha value is -1.27. The highest BCUT2D eigenvalue weighted by molar-refractivity contribution is 7.05. The fraction of sp³-hybridized carbons (Fsp3) is 0.500. The molecule has 0 spiro atoms. The van der Waals surface area contributed by atoms with Crippen molar-refractivity contribution < 1.29 is 0 Å². The molecule has 2 rings (SSSR count). The van der Waals surface area contributed by atoms with Gasteiger partial charge in [-0.1, -0.05) is 11.4 Å². The minimum absolute atomic E-state index is 0.112. The molecule has 16 heavy (non-hydrogen) atoms. The average molecular weight is 237 g/mol. The lowest BCUT2D eigenvalue weighted by atomic mass is 10.2. The third kappa shape index (κ3) is 2.45. The Morgan fingerprint density at radius 2 is 2.44 bits per heavy atom. The SMILES string of the molecule is CCCNC(c1ccn(C)n1)c1cnns1. The van der Waals surface area contributed by atoms with E-state index in [1.165, 1.54) is 11.5 Å². The quantitative estimate of drug-likeness (QED) is 0.853. The first kappa shape index (κ1) is 11.2. The molecule has 86 valence electrons. The molecule has 1 unspecified atom stereocenters. The Bertz CT molecular complexity index is 422. The van der Waals surface area contributed by atoms with E-state index in [2.05, 4.69) is 26.9 Å². The second-order valence-corrected chi connectivity index (χ2v) is 4.44. The van der Waals surface area contributed by atoms with Crippen molar-refractivity contribution in [2.75, 3.05) is 6.54 Å². The molecule has 0 aromatic carbocycles. The Labute approximate surface area is 98.7 Å². The van der Waals surface area contributed by atoms with Crippen LogP contribution in [0.4, 0.5) is 0 Å². The van der Waals surface area contributed by atoms with Gasteiger partial charge < -0.3 is 5.32 Å². The van der Waals surface area contributed by atoms with Crippen LogP contribution in [0, 0.1) is 0 Å². The van der Waals surface area contributed by atoms with E-state index in [0.29, 0.717) is 0 Å². The van der Waals surface area contributed by atoms with Gasteiger partial charge in [0.1, 0.15) is 0 Å². The number of hydrogen-bond donors (Lipinski definition) is 1. The maximum absolute atomic E-state index is 4.43. The third-order valence-corrected chi connectivity index (χ3v) is 3.02. The number of nitrogens with zero attached hydrogens (tertiary/aromatic N) is 4. The topological polar surface area (TPSA) is 55.6 Å². The van der Waals surface area contributed by atoms with E-state index in [-0.39, 0.29) is 6.04 Å². The van der Waals surface area contributed by atoms with Crippen molar-refractivity contribution in [2.24, 2.45) is 7.05 Å². The summed E-state index contributed by atoms with van der Waals surface area (Å²) in [6.45, 7) is 3.10. The zero-order valence-electron chi connectivity index (χ0n) is 9.42. The van der Waals surface area contributed by atoms with Crippen LogP contribution in [0.25, 0.3) is 0 Å². The Kier molecular flexibility index (Phi) is 3.63.